The summed E-state index contributed by atoms with van der Waals surface area (Å²) in [5.74, 6) is -0.0305. The molecule has 0 aliphatic rings. The number of aliphatic carboxylic acids is 2. The summed E-state index contributed by atoms with van der Waals surface area (Å²) in [7, 11) is 3.05. The van der Waals surface area contributed by atoms with Crippen LogP contribution in [0.5, 0.6) is 0 Å². The van der Waals surface area contributed by atoms with E-state index < -0.39 is 23.1 Å². The lowest BCUT2D eigenvalue weighted by Crippen LogP contribution is -2.10. The lowest BCUT2D eigenvalue weighted by molar-refractivity contribution is -0.138. The van der Waals surface area contributed by atoms with Crippen LogP contribution in [0.2, 0.25) is 0 Å². The van der Waals surface area contributed by atoms with Gasteiger partial charge in [0.1, 0.15) is 11.5 Å². The van der Waals surface area contributed by atoms with Gasteiger partial charge in [0.15, 0.2) is 0 Å². The Kier molecular flexibility index (Phi) is 12.5. The fourth-order valence-corrected chi connectivity index (χ4v) is 3.81. The third kappa shape index (κ3) is 15.6. The van der Waals surface area contributed by atoms with Crippen molar-refractivity contribution in [3.8, 4) is 0 Å². The van der Waals surface area contributed by atoms with Gasteiger partial charge in [0.2, 0.25) is 0 Å². The summed E-state index contributed by atoms with van der Waals surface area (Å²) in [6, 6.07) is 0. The van der Waals surface area contributed by atoms with Crippen LogP contribution in [0.25, 0.3) is 0 Å². The van der Waals surface area contributed by atoms with Crippen molar-refractivity contribution in [3.63, 3.8) is 0 Å². The number of carboxylic acids is 2. The van der Waals surface area contributed by atoms with Crippen LogP contribution in [0.4, 0.5) is 0 Å². The Labute approximate surface area is 123 Å². The molecule has 8 heteroatoms. The fraction of sp³-hybridized carbons (Fsp3) is 0.636. The van der Waals surface area contributed by atoms with E-state index in [1.165, 1.54) is 10.8 Å². The van der Waals surface area contributed by atoms with Gasteiger partial charge in [0, 0.05) is 25.0 Å². The topological polar surface area (TPSA) is 97.7 Å². The Morgan fingerprint density at radius 2 is 1.79 bits per heavy atom. The Morgan fingerprint density at radius 3 is 2.42 bits per heavy atom. The number of hydrogen-bond donors (Lipinski definition) is 2. The van der Waals surface area contributed by atoms with Gasteiger partial charge in [-0.3, -0.25) is 9.59 Å². The van der Waals surface area contributed by atoms with Gasteiger partial charge >= 0.3 is 11.9 Å². The molecule has 0 heterocycles. The summed E-state index contributed by atoms with van der Waals surface area (Å²) >= 11 is -1.00. The molecule has 110 valence electrons. The molecule has 0 aromatic heterocycles. The third-order valence-electron chi connectivity index (χ3n) is 1.88. The van der Waals surface area contributed by atoms with E-state index >= 15 is 0 Å². The molecule has 0 fully saturated rings. The summed E-state index contributed by atoms with van der Waals surface area (Å²) in [5.41, 5.74) is 0. The third-order valence-corrected chi connectivity index (χ3v) is 5.33. The molecule has 0 saturated carbocycles. The van der Waals surface area contributed by atoms with Crippen molar-refractivity contribution in [2.45, 2.75) is 25.7 Å². The second kappa shape index (κ2) is 12.7. The zero-order chi connectivity index (χ0) is 14.5. The van der Waals surface area contributed by atoms with E-state index in [1.54, 1.807) is 16.9 Å². The molecule has 0 rings (SSSR count). The van der Waals surface area contributed by atoms with Gasteiger partial charge in [-0.2, -0.15) is 0 Å². The van der Waals surface area contributed by atoms with Crippen molar-refractivity contribution in [2.24, 2.45) is 0 Å². The number of rotatable bonds is 12. The molecule has 0 spiro atoms. The summed E-state index contributed by atoms with van der Waals surface area (Å²) in [5, 5.41) is 18.7. The van der Waals surface area contributed by atoms with Crippen molar-refractivity contribution in [2.75, 3.05) is 17.3 Å². The Hall–Kier alpha value is -0.310. The van der Waals surface area contributed by atoms with Gasteiger partial charge in [0.05, 0.1) is 0 Å². The van der Waals surface area contributed by atoms with Gasteiger partial charge in [-0.1, -0.05) is 21.6 Å². The number of carbonyl (C=O) groups is 2. The minimum absolute atomic E-state index is 0.0592. The van der Waals surface area contributed by atoms with Gasteiger partial charge in [-0.15, -0.1) is 0 Å². The smallest absolute Gasteiger partial charge is 0.303 e. The first-order chi connectivity index (χ1) is 9.02. The highest BCUT2D eigenvalue weighted by Crippen LogP contribution is 2.23. The molecule has 5 nitrogen and oxygen atoms in total. The molecule has 19 heavy (non-hydrogen) atoms. The Balaban J connectivity index is 3.36. The molecular formula is C11H18O5S3. The maximum absolute atomic E-state index is 11.4. The zero-order valence-electron chi connectivity index (χ0n) is 10.4. The van der Waals surface area contributed by atoms with Crippen LogP contribution in [0.1, 0.15) is 25.7 Å². The first-order valence-corrected chi connectivity index (χ1v) is 9.61. The molecule has 1 unspecified atom stereocenters. The lowest BCUT2D eigenvalue weighted by atomic mass is 10.3. The van der Waals surface area contributed by atoms with Crippen molar-refractivity contribution in [3.05, 3.63) is 11.5 Å². The standard InChI is InChI=1S/C11H18O5S3/c12-10(13)4-1-6-17-18-7-3-9-19(16)8-2-5-11(14)15/h3,7H,1-2,4-6,8-9H2,(H,12,13)(H,14,15)/b7-3+. The second-order valence-electron chi connectivity index (χ2n) is 3.60. The van der Waals surface area contributed by atoms with Gasteiger partial charge < -0.3 is 14.8 Å². The zero-order valence-corrected chi connectivity index (χ0v) is 12.9. The van der Waals surface area contributed by atoms with Crippen molar-refractivity contribution in [1.29, 1.82) is 0 Å². The van der Waals surface area contributed by atoms with E-state index in [0.717, 1.165) is 5.75 Å². The van der Waals surface area contributed by atoms with Crippen LogP contribution in [-0.4, -0.2) is 44.0 Å². The fourth-order valence-electron chi connectivity index (χ4n) is 1.02. The molecule has 0 aromatic carbocycles. The van der Waals surface area contributed by atoms with E-state index in [4.69, 9.17) is 10.2 Å². The molecule has 0 aromatic rings. The van der Waals surface area contributed by atoms with Crippen LogP contribution in [0.3, 0.4) is 0 Å². The monoisotopic (exact) mass is 326 g/mol. The average Bonchev–Trinajstić information content (AvgIpc) is 2.31. The lowest BCUT2D eigenvalue weighted by Gasteiger charge is -2.07. The predicted molar refractivity (Wildman–Crippen MR) is 80.8 cm³/mol. The quantitative estimate of drug-likeness (QED) is 0.323. The minimum atomic E-state index is -1.00. The van der Waals surface area contributed by atoms with Crippen LogP contribution in [0.15, 0.2) is 11.5 Å². The SMILES string of the molecule is O=C(O)CCCSS/C=C/C[S+]([O-])CCCC(=O)O. The highest BCUT2D eigenvalue weighted by Gasteiger charge is 2.05. The first-order valence-electron chi connectivity index (χ1n) is 5.74. The Morgan fingerprint density at radius 1 is 1.16 bits per heavy atom. The largest absolute Gasteiger partial charge is 0.616 e. The van der Waals surface area contributed by atoms with E-state index in [1.807, 2.05) is 5.41 Å². The molecule has 0 bridgehead atoms. The molecule has 0 aliphatic carbocycles. The van der Waals surface area contributed by atoms with Crippen molar-refractivity contribution in [1.82, 2.24) is 0 Å². The maximum Gasteiger partial charge on any atom is 0.303 e. The molecular weight excluding hydrogens is 308 g/mol. The summed E-state index contributed by atoms with van der Waals surface area (Å²) in [6.45, 7) is 0. The van der Waals surface area contributed by atoms with Crippen LogP contribution >= 0.6 is 21.6 Å². The minimum Gasteiger partial charge on any atom is -0.616 e. The number of carboxylic acid groups (broad SMARTS) is 2. The van der Waals surface area contributed by atoms with E-state index in [-0.39, 0.29) is 12.8 Å². The molecule has 0 saturated heterocycles. The highest BCUT2D eigenvalue weighted by molar-refractivity contribution is 8.77. The van der Waals surface area contributed by atoms with E-state index in [9.17, 15) is 14.1 Å². The first kappa shape index (κ1) is 18.7. The summed E-state index contributed by atoms with van der Waals surface area (Å²) < 4.78 is 11.4. The average molecular weight is 326 g/mol. The van der Waals surface area contributed by atoms with Crippen molar-refractivity contribution < 1.29 is 24.4 Å². The van der Waals surface area contributed by atoms with Crippen LogP contribution in [-0.2, 0) is 20.8 Å². The van der Waals surface area contributed by atoms with Gasteiger partial charge in [0.25, 0.3) is 0 Å². The normalized spacial score (nSPS) is 12.7. The number of hydrogen-bond acceptors (Lipinski definition) is 5. The molecule has 1 atom stereocenters. The summed E-state index contributed by atoms with van der Waals surface area (Å²) in [4.78, 5) is 20.5. The van der Waals surface area contributed by atoms with Gasteiger partial charge in [-0.25, -0.2) is 0 Å². The summed E-state index contributed by atoms with van der Waals surface area (Å²) in [6.07, 6.45) is 3.12. The second-order valence-corrected chi connectivity index (χ2v) is 7.61. The molecule has 2 N–H and O–H groups in total. The van der Waals surface area contributed by atoms with Gasteiger partial charge in [-0.05, 0) is 29.1 Å². The van der Waals surface area contributed by atoms with E-state index in [2.05, 4.69) is 0 Å². The molecule has 0 aliphatic heterocycles. The predicted octanol–water partition coefficient (Wildman–Crippen LogP) is 2.36. The van der Waals surface area contributed by atoms with E-state index in [0.29, 0.717) is 24.3 Å². The maximum atomic E-state index is 11.4. The molecule has 0 radical (unpaired) electrons. The molecule has 0 amide bonds. The highest BCUT2D eigenvalue weighted by atomic mass is 33.1. The Bertz CT molecular complexity index is 296. The van der Waals surface area contributed by atoms with Crippen molar-refractivity contribution >= 4 is 44.7 Å². The van der Waals surface area contributed by atoms with Crippen LogP contribution in [0, 0.1) is 0 Å². The van der Waals surface area contributed by atoms with Crippen LogP contribution < -0.4 is 0 Å².